The number of rotatable bonds is 5. The van der Waals surface area contributed by atoms with Crippen molar-refractivity contribution >= 4 is 17.7 Å². The maximum Gasteiger partial charge on any atom is 0.326 e. The number of nitrogens with one attached hydrogen (secondary N) is 2. The van der Waals surface area contributed by atoms with Crippen molar-refractivity contribution in [2.45, 2.75) is 51.0 Å². The third-order valence-electron chi connectivity index (χ3n) is 5.37. The average molecular weight is 366 g/mol. The van der Waals surface area contributed by atoms with Crippen molar-refractivity contribution in [3.63, 3.8) is 0 Å². The quantitative estimate of drug-likeness (QED) is 0.753. The van der Waals surface area contributed by atoms with E-state index >= 15 is 0 Å². The fourth-order valence-corrected chi connectivity index (χ4v) is 4.15. The number of benzene rings is 1. The van der Waals surface area contributed by atoms with Gasteiger partial charge in [-0.2, -0.15) is 0 Å². The number of urea groups is 1. The summed E-state index contributed by atoms with van der Waals surface area (Å²) < 4.78 is 0. The molecule has 27 heavy (non-hydrogen) atoms. The first-order valence-electron chi connectivity index (χ1n) is 9.32. The zero-order valence-corrected chi connectivity index (χ0v) is 15.0. The minimum Gasteiger partial charge on any atom is -0.480 e. The van der Waals surface area contributed by atoms with Gasteiger partial charge in [-0.3, -0.25) is 0 Å². The highest BCUT2D eigenvalue weighted by atomic mass is 16.4. The lowest BCUT2D eigenvalue weighted by molar-refractivity contribution is -0.139. The summed E-state index contributed by atoms with van der Waals surface area (Å²) in [4.78, 5) is 32.0. The van der Waals surface area contributed by atoms with E-state index in [-0.39, 0.29) is 6.42 Å². The highest BCUT2D eigenvalue weighted by Crippen LogP contribution is 2.38. The molecule has 7 heteroatoms. The van der Waals surface area contributed by atoms with Crippen LogP contribution in [0.3, 0.4) is 0 Å². The smallest absolute Gasteiger partial charge is 0.326 e. The highest BCUT2D eigenvalue weighted by molar-refractivity contribution is 5.94. The number of fused-ring (bicyclic) bond motifs is 2. The van der Waals surface area contributed by atoms with Gasteiger partial charge in [0, 0.05) is 24.5 Å². The Morgan fingerprint density at radius 2 is 1.67 bits per heavy atom. The van der Waals surface area contributed by atoms with Crippen LogP contribution in [0.25, 0.3) is 0 Å². The summed E-state index contributed by atoms with van der Waals surface area (Å²) >= 11 is 0. The summed E-state index contributed by atoms with van der Waals surface area (Å²) in [6.45, 7) is 0. The summed E-state index contributed by atoms with van der Waals surface area (Å²) in [6.07, 6.45) is 10.8. The van der Waals surface area contributed by atoms with Crippen molar-refractivity contribution in [1.29, 1.82) is 0 Å². The Balaban J connectivity index is 1.52. The van der Waals surface area contributed by atoms with Crippen LogP contribution in [-0.2, 0) is 36.9 Å². The Labute approximate surface area is 157 Å². The van der Waals surface area contributed by atoms with Crippen LogP contribution in [0.15, 0.2) is 24.8 Å². The molecule has 2 aliphatic carbocycles. The first-order valence-corrected chi connectivity index (χ1v) is 9.32. The number of aromatic nitrogens is 2. The molecule has 1 unspecified atom stereocenters. The Morgan fingerprint density at radius 3 is 2.26 bits per heavy atom. The lowest BCUT2D eigenvalue weighted by atomic mass is 9.99. The zero-order valence-electron chi connectivity index (χ0n) is 15.0. The molecule has 0 radical (unpaired) electrons. The maximum absolute atomic E-state index is 12.6. The van der Waals surface area contributed by atoms with Gasteiger partial charge in [0.1, 0.15) is 12.4 Å². The lowest BCUT2D eigenvalue weighted by Gasteiger charge is -2.19. The number of nitrogens with zero attached hydrogens (tertiary/aromatic N) is 2. The molecule has 4 rings (SSSR count). The number of carboxylic acids is 1. The standard InChI is InChI=1S/C20H22N4O3/c25-19(26)17(7-12-9-21-11-22-10-12)23-20(27)24-18-15-5-1-3-13(15)8-14-4-2-6-16(14)18/h8-11,17H,1-7H2,(H,25,26)(H2,23,24,27). The van der Waals surface area contributed by atoms with Gasteiger partial charge in [0.25, 0.3) is 0 Å². The third-order valence-corrected chi connectivity index (χ3v) is 5.37. The number of amides is 2. The largest absolute Gasteiger partial charge is 0.480 e. The molecule has 1 atom stereocenters. The molecular weight excluding hydrogens is 344 g/mol. The molecule has 140 valence electrons. The van der Waals surface area contributed by atoms with Gasteiger partial charge in [-0.15, -0.1) is 0 Å². The molecule has 2 aliphatic rings. The molecule has 0 saturated carbocycles. The monoisotopic (exact) mass is 366 g/mol. The van der Waals surface area contributed by atoms with E-state index < -0.39 is 18.0 Å². The van der Waals surface area contributed by atoms with E-state index in [4.69, 9.17) is 0 Å². The number of aryl methyl sites for hydroxylation is 2. The van der Waals surface area contributed by atoms with Crippen molar-refractivity contribution in [1.82, 2.24) is 15.3 Å². The first-order chi connectivity index (χ1) is 13.1. The number of carbonyl (C=O) groups excluding carboxylic acids is 1. The second kappa shape index (κ2) is 7.34. The van der Waals surface area contributed by atoms with E-state index in [1.165, 1.54) is 28.6 Å². The number of carbonyl (C=O) groups is 2. The lowest BCUT2D eigenvalue weighted by Crippen LogP contribution is -2.44. The molecule has 0 aliphatic heterocycles. The Hall–Kier alpha value is -2.96. The minimum absolute atomic E-state index is 0.134. The second-order valence-electron chi connectivity index (χ2n) is 7.17. The fraction of sp³-hybridized carbons (Fsp3) is 0.400. The maximum atomic E-state index is 12.6. The highest BCUT2D eigenvalue weighted by Gasteiger charge is 2.26. The van der Waals surface area contributed by atoms with E-state index in [1.807, 2.05) is 0 Å². The molecule has 2 aromatic rings. The third kappa shape index (κ3) is 3.63. The van der Waals surface area contributed by atoms with Gasteiger partial charge in [0.05, 0.1) is 0 Å². The van der Waals surface area contributed by atoms with Crippen molar-refractivity contribution < 1.29 is 14.7 Å². The number of hydrogen-bond acceptors (Lipinski definition) is 4. The molecular formula is C20H22N4O3. The van der Waals surface area contributed by atoms with Gasteiger partial charge in [0.15, 0.2) is 0 Å². The topological polar surface area (TPSA) is 104 Å². The molecule has 1 aromatic carbocycles. The van der Waals surface area contributed by atoms with Crippen LogP contribution in [0.1, 0.15) is 40.7 Å². The van der Waals surface area contributed by atoms with Crippen LogP contribution in [0, 0.1) is 0 Å². The first kappa shape index (κ1) is 17.5. The van der Waals surface area contributed by atoms with E-state index in [1.54, 1.807) is 12.4 Å². The van der Waals surface area contributed by atoms with E-state index in [0.29, 0.717) is 5.56 Å². The molecule has 1 heterocycles. The number of carboxylic acid groups (broad SMARTS) is 1. The molecule has 0 saturated heterocycles. The van der Waals surface area contributed by atoms with Crippen LogP contribution >= 0.6 is 0 Å². The van der Waals surface area contributed by atoms with E-state index in [2.05, 4.69) is 26.7 Å². The average Bonchev–Trinajstić information content (AvgIpc) is 3.31. The van der Waals surface area contributed by atoms with Crippen LogP contribution in [0.4, 0.5) is 10.5 Å². The predicted molar refractivity (Wildman–Crippen MR) is 99.8 cm³/mol. The Bertz CT molecular complexity index is 850. The molecule has 1 aromatic heterocycles. The van der Waals surface area contributed by atoms with Gasteiger partial charge in [0.2, 0.25) is 0 Å². The van der Waals surface area contributed by atoms with Crippen molar-refractivity contribution in [2.75, 3.05) is 5.32 Å². The zero-order chi connectivity index (χ0) is 18.8. The molecule has 7 nitrogen and oxygen atoms in total. The van der Waals surface area contributed by atoms with Crippen LogP contribution in [0.2, 0.25) is 0 Å². The van der Waals surface area contributed by atoms with Gasteiger partial charge >= 0.3 is 12.0 Å². The number of hydrogen-bond donors (Lipinski definition) is 3. The molecule has 2 amide bonds. The summed E-state index contributed by atoms with van der Waals surface area (Å²) in [5, 5.41) is 15.0. The number of anilines is 1. The van der Waals surface area contributed by atoms with Gasteiger partial charge < -0.3 is 15.7 Å². The molecule has 0 bridgehead atoms. The van der Waals surface area contributed by atoms with Gasteiger partial charge in [-0.25, -0.2) is 19.6 Å². The van der Waals surface area contributed by atoms with Crippen LogP contribution < -0.4 is 10.6 Å². The van der Waals surface area contributed by atoms with E-state index in [0.717, 1.165) is 44.2 Å². The normalized spacial score (nSPS) is 15.7. The van der Waals surface area contributed by atoms with Crippen molar-refractivity contribution in [3.8, 4) is 0 Å². The summed E-state index contributed by atoms with van der Waals surface area (Å²) in [5.41, 5.74) is 6.64. The summed E-state index contributed by atoms with van der Waals surface area (Å²) in [5.74, 6) is -1.09. The van der Waals surface area contributed by atoms with E-state index in [9.17, 15) is 14.7 Å². The van der Waals surface area contributed by atoms with Crippen molar-refractivity contribution in [3.05, 3.63) is 52.6 Å². The SMILES string of the molecule is O=C(Nc1c2c(cc3c1CCC3)CCC2)NC(Cc1cncnc1)C(=O)O. The van der Waals surface area contributed by atoms with Gasteiger partial charge in [-0.1, -0.05) is 6.07 Å². The molecule has 0 spiro atoms. The molecule has 3 N–H and O–H groups in total. The fourth-order valence-electron chi connectivity index (χ4n) is 4.15. The Kier molecular flexibility index (Phi) is 4.75. The van der Waals surface area contributed by atoms with Gasteiger partial charge in [-0.05, 0) is 66.3 Å². The van der Waals surface area contributed by atoms with Crippen LogP contribution in [0.5, 0.6) is 0 Å². The summed E-state index contributed by atoms with van der Waals surface area (Å²) in [6, 6.07) is 0.776. The Morgan fingerprint density at radius 1 is 1.04 bits per heavy atom. The van der Waals surface area contributed by atoms with Crippen molar-refractivity contribution in [2.24, 2.45) is 0 Å². The minimum atomic E-state index is -1.09. The van der Waals surface area contributed by atoms with Crippen LogP contribution in [-0.4, -0.2) is 33.1 Å². The number of aliphatic carboxylic acids is 1. The second-order valence-corrected chi connectivity index (χ2v) is 7.17. The summed E-state index contributed by atoms with van der Waals surface area (Å²) in [7, 11) is 0. The molecule has 0 fully saturated rings. The predicted octanol–water partition coefficient (Wildman–Crippen LogP) is 2.27.